The lowest BCUT2D eigenvalue weighted by atomic mass is 10.3. The topological polar surface area (TPSA) is 36.9 Å². The molecule has 0 bridgehead atoms. The van der Waals surface area contributed by atoms with Gasteiger partial charge in [-0.05, 0) is 41.5 Å². The van der Waals surface area contributed by atoms with E-state index in [0.717, 1.165) is 41.2 Å². The minimum Gasteiger partial charge on any atom is -0.491 e. The first-order valence-corrected chi connectivity index (χ1v) is 11.0. The second kappa shape index (κ2) is 9.59. The average molecular weight is 403 g/mol. The third-order valence-corrected chi connectivity index (χ3v) is 7.05. The maximum atomic E-state index is 5.89. The van der Waals surface area contributed by atoms with Gasteiger partial charge < -0.3 is 18.9 Å². The van der Waals surface area contributed by atoms with Gasteiger partial charge in [0.2, 0.25) is 0 Å². The first-order valence-electron chi connectivity index (χ1n) is 8.52. The van der Waals surface area contributed by atoms with Crippen molar-refractivity contribution in [2.24, 2.45) is 0 Å². The van der Waals surface area contributed by atoms with Crippen molar-refractivity contribution < 1.29 is 18.9 Å². The Kier molecular flexibility index (Phi) is 7.78. The summed E-state index contributed by atoms with van der Waals surface area (Å²) in [6.07, 6.45) is 0. The molecule has 0 N–H and O–H groups in total. The van der Waals surface area contributed by atoms with Crippen molar-refractivity contribution in [2.75, 3.05) is 26.4 Å². The van der Waals surface area contributed by atoms with E-state index in [4.69, 9.17) is 18.9 Å². The summed E-state index contributed by atoms with van der Waals surface area (Å²) < 4.78 is 25.5. The summed E-state index contributed by atoms with van der Waals surface area (Å²) in [4.78, 5) is 0. The summed E-state index contributed by atoms with van der Waals surface area (Å²) in [6, 6.07) is 0. The van der Waals surface area contributed by atoms with Crippen molar-refractivity contribution in [2.45, 2.75) is 50.0 Å². The molecule has 0 saturated heterocycles. The van der Waals surface area contributed by atoms with Gasteiger partial charge in [-0.3, -0.25) is 0 Å². The minimum atomic E-state index is 0.628. The van der Waals surface area contributed by atoms with Crippen LogP contribution in [-0.4, -0.2) is 26.4 Å². The van der Waals surface area contributed by atoms with Gasteiger partial charge in [0.15, 0.2) is 21.6 Å². The summed E-state index contributed by atoms with van der Waals surface area (Å²) in [7, 11) is 0. The van der Waals surface area contributed by atoms with Crippen LogP contribution >= 0.6 is 34.4 Å². The Balaban J connectivity index is 2.41. The minimum absolute atomic E-state index is 0.628. The first-order chi connectivity index (χ1) is 12.1. The number of ether oxygens (including phenoxy) is 4. The smallest absolute Gasteiger partial charge is 0.181 e. The maximum absolute atomic E-state index is 5.89. The van der Waals surface area contributed by atoms with Crippen LogP contribution in [0.4, 0.5) is 0 Å². The fourth-order valence-electron chi connectivity index (χ4n) is 2.28. The highest BCUT2D eigenvalue weighted by atomic mass is 32.2. The van der Waals surface area contributed by atoms with Crippen LogP contribution in [0, 0.1) is 13.8 Å². The lowest BCUT2D eigenvalue weighted by molar-refractivity contribution is 0.323. The molecule has 0 saturated carbocycles. The van der Waals surface area contributed by atoms with Gasteiger partial charge >= 0.3 is 0 Å². The fourth-order valence-corrected chi connectivity index (χ4v) is 6.30. The molecule has 25 heavy (non-hydrogen) atoms. The third-order valence-electron chi connectivity index (χ3n) is 3.35. The van der Waals surface area contributed by atoms with Crippen molar-refractivity contribution >= 4 is 34.4 Å². The lowest BCUT2D eigenvalue weighted by Crippen LogP contribution is -1.95. The van der Waals surface area contributed by atoms with Gasteiger partial charge in [-0.25, -0.2) is 0 Å². The van der Waals surface area contributed by atoms with Crippen molar-refractivity contribution in [3.63, 3.8) is 0 Å². The molecule has 2 aromatic heterocycles. The standard InChI is InChI=1S/C18H26O4S3/c1-7-19-13-11(5)15(21-9-3)23-17(13)25-18-14(20-8-2)12(6)16(24-18)22-10-4/h7-10H2,1-6H3. The number of hydrogen-bond donors (Lipinski definition) is 0. The van der Waals surface area contributed by atoms with Gasteiger partial charge in [-0.1, -0.05) is 34.4 Å². The van der Waals surface area contributed by atoms with E-state index in [1.807, 2.05) is 41.5 Å². The zero-order valence-corrected chi connectivity index (χ0v) is 18.1. The van der Waals surface area contributed by atoms with Crippen LogP contribution in [0.5, 0.6) is 21.6 Å². The second-order valence-electron chi connectivity index (χ2n) is 5.10. The summed E-state index contributed by atoms with van der Waals surface area (Å²) in [6.45, 7) is 14.6. The van der Waals surface area contributed by atoms with Crippen LogP contribution in [0.3, 0.4) is 0 Å². The van der Waals surface area contributed by atoms with Crippen LogP contribution in [0.2, 0.25) is 0 Å². The van der Waals surface area contributed by atoms with Crippen LogP contribution in [-0.2, 0) is 0 Å². The van der Waals surface area contributed by atoms with E-state index >= 15 is 0 Å². The van der Waals surface area contributed by atoms with Gasteiger partial charge in [0.1, 0.15) is 8.42 Å². The molecule has 0 radical (unpaired) electrons. The first kappa shape index (κ1) is 20.3. The predicted molar refractivity (Wildman–Crippen MR) is 107 cm³/mol. The molecule has 0 aromatic carbocycles. The molecule has 0 amide bonds. The molecular formula is C18H26O4S3. The summed E-state index contributed by atoms with van der Waals surface area (Å²) >= 11 is 4.92. The molecule has 0 unspecified atom stereocenters. The van der Waals surface area contributed by atoms with Crippen molar-refractivity contribution in [1.82, 2.24) is 0 Å². The molecule has 140 valence electrons. The van der Waals surface area contributed by atoms with Crippen LogP contribution in [0.15, 0.2) is 8.42 Å². The van der Waals surface area contributed by atoms with Gasteiger partial charge in [-0.2, -0.15) is 0 Å². The van der Waals surface area contributed by atoms with E-state index in [9.17, 15) is 0 Å². The Labute approximate surface area is 162 Å². The largest absolute Gasteiger partial charge is 0.491 e. The van der Waals surface area contributed by atoms with E-state index in [2.05, 4.69) is 0 Å². The van der Waals surface area contributed by atoms with E-state index in [0.29, 0.717) is 26.4 Å². The lowest BCUT2D eigenvalue weighted by Gasteiger charge is -2.07. The van der Waals surface area contributed by atoms with Gasteiger partial charge in [0, 0.05) is 11.1 Å². The van der Waals surface area contributed by atoms with Gasteiger partial charge in [0.25, 0.3) is 0 Å². The fraction of sp³-hybridized carbons (Fsp3) is 0.556. The predicted octanol–water partition coefficient (Wildman–Crippen LogP) is 6.17. The molecule has 0 aliphatic carbocycles. The van der Waals surface area contributed by atoms with E-state index in [-0.39, 0.29) is 0 Å². The van der Waals surface area contributed by atoms with Crippen molar-refractivity contribution in [3.8, 4) is 21.6 Å². The van der Waals surface area contributed by atoms with Crippen LogP contribution < -0.4 is 18.9 Å². The zero-order chi connectivity index (χ0) is 18.4. The molecule has 2 heterocycles. The van der Waals surface area contributed by atoms with Gasteiger partial charge in [-0.15, -0.1) is 0 Å². The Morgan fingerprint density at radius 3 is 1.32 bits per heavy atom. The molecule has 0 aliphatic rings. The normalized spacial score (nSPS) is 10.8. The molecular weight excluding hydrogens is 376 g/mol. The van der Waals surface area contributed by atoms with Crippen LogP contribution in [0.25, 0.3) is 0 Å². The molecule has 0 fully saturated rings. The molecule has 0 aliphatic heterocycles. The van der Waals surface area contributed by atoms with Crippen molar-refractivity contribution in [3.05, 3.63) is 11.1 Å². The molecule has 0 atom stereocenters. The molecule has 0 spiro atoms. The number of rotatable bonds is 10. The molecule has 4 nitrogen and oxygen atoms in total. The van der Waals surface area contributed by atoms with Gasteiger partial charge in [0.05, 0.1) is 26.4 Å². The highest BCUT2D eigenvalue weighted by molar-refractivity contribution is 8.03. The Hall–Kier alpha value is -1.05. The van der Waals surface area contributed by atoms with E-state index < -0.39 is 0 Å². The monoisotopic (exact) mass is 402 g/mol. The number of thiophene rings is 2. The van der Waals surface area contributed by atoms with Crippen molar-refractivity contribution in [1.29, 1.82) is 0 Å². The SMILES string of the molecule is CCOc1sc(Sc2sc(OCC)c(C)c2OCC)c(OCC)c1C. The Bertz CT molecular complexity index is 633. The maximum Gasteiger partial charge on any atom is 0.181 e. The zero-order valence-electron chi connectivity index (χ0n) is 15.7. The summed E-state index contributed by atoms with van der Waals surface area (Å²) in [5.74, 6) is 1.82. The second-order valence-corrected chi connectivity index (χ2v) is 8.60. The van der Waals surface area contributed by atoms with Crippen LogP contribution in [0.1, 0.15) is 38.8 Å². The number of hydrogen-bond acceptors (Lipinski definition) is 7. The highest BCUT2D eigenvalue weighted by Crippen LogP contribution is 2.54. The van der Waals surface area contributed by atoms with E-state index in [1.54, 1.807) is 34.4 Å². The van der Waals surface area contributed by atoms with E-state index in [1.165, 1.54) is 0 Å². The Morgan fingerprint density at radius 2 is 1.00 bits per heavy atom. The average Bonchev–Trinajstić information content (AvgIpc) is 3.03. The molecule has 2 rings (SSSR count). The quantitative estimate of drug-likeness (QED) is 0.475. The summed E-state index contributed by atoms with van der Waals surface area (Å²) in [5.41, 5.74) is 2.12. The highest BCUT2D eigenvalue weighted by Gasteiger charge is 2.23. The molecule has 2 aromatic rings. The Morgan fingerprint density at radius 1 is 0.640 bits per heavy atom. The third kappa shape index (κ3) is 4.57. The summed E-state index contributed by atoms with van der Waals surface area (Å²) in [5, 5.41) is 1.84. The molecule has 7 heteroatoms.